The van der Waals surface area contributed by atoms with Gasteiger partial charge in [0.05, 0.1) is 13.2 Å². The maximum absolute atomic E-state index is 14.0. The molecule has 2 unspecified atom stereocenters. The van der Waals surface area contributed by atoms with Crippen LogP contribution in [0.2, 0.25) is 0 Å². The van der Waals surface area contributed by atoms with Crippen LogP contribution >= 0.6 is 15.6 Å². The number of aliphatic hydroxyl groups excluding tert-OH is 4. The first kappa shape index (κ1) is 60.0. The summed E-state index contributed by atoms with van der Waals surface area (Å²) in [7, 11) is -10.3. The predicted octanol–water partition coefficient (Wildman–Crippen LogP) is 8.21. The van der Waals surface area contributed by atoms with Crippen LogP contribution in [0.25, 0.3) is 0 Å². The van der Waals surface area contributed by atoms with Crippen LogP contribution in [0, 0.1) is 0 Å². The van der Waals surface area contributed by atoms with E-state index in [9.17, 15) is 48.9 Å². The van der Waals surface area contributed by atoms with E-state index >= 15 is 0 Å². The number of carbonyl (C=O) groups is 2. The fraction of sp³-hybridized carbons (Fsp3) is 0.955. The second kappa shape index (κ2) is 37.0. The third-order valence-electron chi connectivity index (χ3n) is 11.3. The van der Waals surface area contributed by atoms with Crippen LogP contribution in [0.3, 0.4) is 0 Å². The van der Waals surface area contributed by atoms with E-state index in [0.29, 0.717) is 12.8 Å². The number of nitrogens with two attached hydrogens (primary N) is 1. The summed E-state index contributed by atoms with van der Waals surface area (Å²) in [6.07, 6.45) is 15.7. The lowest BCUT2D eigenvalue weighted by Gasteiger charge is -2.43. The van der Waals surface area contributed by atoms with E-state index in [1.54, 1.807) is 0 Å². The van der Waals surface area contributed by atoms with E-state index in [1.165, 1.54) is 103 Å². The van der Waals surface area contributed by atoms with Crippen LogP contribution in [-0.4, -0.2) is 111 Å². The Labute approximate surface area is 378 Å². The highest BCUT2D eigenvalue weighted by Gasteiger charge is 2.54. The van der Waals surface area contributed by atoms with Gasteiger partial charge in [-0.15, -0.1) is 0 Å². The molecule has 0 heterocycles. The van der Waals surface area contributed by atoms with Crippen LogP contribution in [0.4, 0.5) is 0 Å². The molecule has 8 N–H and O–H groups in total. The minimum absolute atomic E-state index is 0.0734. The largest absolute Gasteiger partial charge is 0.475 e. The molecule has 8 atom stereocenters. The number of esters is 2. The normalized spacial score (nSPS) is 21.9. The van der Waals surface area contributed by atoms with Crippen molar-refractivity contribution in [3.05, 3.63) is 0 Å². The molecule has 0 aromatic carbocycles. The summed E-state index contributed by atoms with van der Waals surface area (Å²) >= 11 is 0. The number of aliphatic hydroxyl groups is 4. The molecule has 374 valence electrons. The van der Waals surface area contributed by atoms with Crippen molar-refractivity contribution in [3.63, 3.8) is 0 Å². The fourth-order valence-corrected chi connectivity index (χ4v) is 9.48. The van der Waals surface area contributed by atoms with Crippen molar-refractivity contribution in [3.8, 4) is 0 Å². The zero-order valence-corrected chi connectivity index (χ0v) is 40.4. The Kier molecular flexibility index (Phi) is 35.2. The monoisotopic (exact) mass is 948 g/mol. The van der Waals surface area contributed by atoms with E-state index in [1.807, 2.05) is 0 Å². The number of hydrogen-bond acceptors (Lipinski definition) is 15. The number of unbranched alkanes of at least 4 members (excludes halogenated alkanes) is 24. The van der Waals surface area contributed by atoms with Crippen molar-refractivity contribution < 1.29 is 76.5 Å². The van der Waals surface area contributed by atoms with Crippen LogP contribution < -0.4 is 5.73 Å². The van der Waals surface area contributed by atoms with Gasteiger partial charge in [0.15, 0.2) is 6.10 Å². The summed E-state index contributed by atoms with van der Waals surface area (Å²) in [5.41, 5.74) is 5.56. The smallest absolute Gasteiger partial charge is 0.462 e. The van der Waals surface area contributed by atoms with Gasteiger partial charge in [0.1, 0.15) is 43.2 Å². The highest BCUT2D eigenvalue weighted by atomic mass is 31.2. The molecule has 0 amide bonds. The molecule has 0 aromatic rings. The van der Waals surface area contributed by atoms with Gasteiger partial charge in [-0.3, -0.25) is 27.7 Å². The Morgan fingerprint density at radius 1 is 0.508 bits per heavy atom. The number of carbonyl (C=O) groups excluding carboxylic acids is 2. The van der Waals surface area contributed by atoms with E-state index in [2.05, 4.69) is 18.4 Å². The summed E-state index contributed by atoms with van der Waals surface area (Å²) in [6, 6.07) is 0. The molecule has 0 bridgehead atoms. The lowest BCUT2D eigenvalue weighted by molar-refractivity contribution is -0.217. The van der Waals surface area contributed by atoms with Gasteiger partial charge in [-0.25, -0.2) is 9.13 Å². The van der Waals surface area contributed by atoms with Gasteiger partial charge in [-0.1, -0.05) is 168 Å². The Morgan fingerprint density at radius 3 is 1.32 bits per heavy atom. The van der Waals surface area contributed by atoms with E-state index in [-0.39, 0.29) is 32.4 Å². The van der Waals surface area contributed by atoms with E-state index in [4.69, 9.17) is 28.8 Å². The molecule has 19 heteroatoms. The van der Waals surface area contributed by atoms with Crippen LogP contribution in [-0.2, 0) is 46.3 Å². The lowest BCUT2D eigenvalue weighted by atomic mass is 9.85. The van der Waals surface area contributed by atoms with Gasteiger partial charge in [-0.05, 0) is 25.8 Å². The summed E-state index contributed by atoms with van der Waals surface area (Å²) in [5, 5.41) is 42.2. The summed E-state index contributed by atoms with van der Waals surface area (Å²) in [4.78, 5) is 44.4. The quantitative estimate of drug-likeness (QED) is 0.0172. The first-order valence-corrected chi connectivity index (χ1v) is 27.3. The first-order chi connectivity index (χ1) is 30.2. The molecule has 0 aromatic heterocycles. The minimum Gasteiger partial charge on any atom is -0.462 e. The average molecular weight is 948 g/mol. The molecule has 1 aliphatic rings. The molecular formula is C44H87NO16P2. The van der Waals surface area contributed by atoms with Crippen molar-refractivity contribution in [1.29, 1.82) is 0 Å². The van der Waals surface area contributed by atoms with Crippen molar-refractivity contribution >= 4 is 27.6 Å². The Bertz CT molecular complexity index is 1240. The average Bonchev–Trinajstić information content (AvgIpc) is 3.24. The molecule has 1 fully saturated rings. The summed E-state index contributed by atoms with van der Waals surface area (Å²) < 4.78 is 57.3. The highest BCUT2D eigenvalue weighted by molar-refractivity contribution is 7.48. The third kappa shape index (κ3) is 30.1. The molecule has 0 saturated heterocycles. The SMILES string of the molecule is CCCCCCCCCCCCCCCC(=O)OCC(COP(=O)(OCCCN)O[C@@H]1[C@H](O)[C@H](OP(=O)(O)O)[C@@H](O)[C@H](O)[C@H]1O)OC(=O)CCCCCCCCCCCCCCC. The third-order valence-corrected chi connectivity index (χ3v) is 13.3. The van der Waals surface area contributed by atoms with Gasteiger partial charge in [0, 0.05) is 12.8 Å². The number of phosphoric ester groups is 2. The van der Waals surface area contributed by atoms with Gasteiger partial charge >= 0.3 is 27.6 Å². The van der Waals surface area contributed by atoms with Crippen molar-refractivity contribution in [2.24, 2.45) is 5.73 Å². The lowest BCUT2D eigenvalue weighted by Crippen LogP contribution is -2.64. The molecule has 0 aliphatic heterocycles. The molecule has 1 rings (SSSR count). The Morgan fingerprint density at radius 2 is 0.905 bits per heavy atom. The predicted molar refractivity (Wildman–Crippen MR) is 240 cm³/mol. The van der Waals surface area contributed by atoms with Crippen LogP contribution in [0.15, 0.2) is 0 Å². The minimum atomic E-state index is -5.36. The van der Waals surface area contributed by atoms with Gasteiger partial charge in [0.2, 0.25) is 0 Å². The Balaban J connectivity index is 2.81. The molecule has 1 aliphatic carbocycles. The van der Waals surface area contributed by atoms with E-state index in [0.717, 1.165) is 51.4 Å². The summed E-state index contributed by atoms with van der Waals surface area (Å²) in [5.74, 6) is -1.13. The number of ether oxygens (including phenoxy) is 2. The van der Waals surface area contributed by atoms with Crippen LogP contribution in [0.1, 0.15) is 200 Å². The van der Waals surface area contributed by atoms with Gasteiger partial charge in [-0.2, -0.15) is 0 Å². The molecular weight excluding hydrogens is 860 g/mol. The molecule has 1 saturated carbocycles. The maximum atomic E-state index is 14.0. The highest BCUT2D eigenvalue weighted by Crippen LogP contribution is 2.53. The molecule has 63 heavy (non-hydrogen) atoms. The second-order valence-corrected chi connectivity index (χ2v) is 19.9. The topological polar surface area (TPSA) is 271 Å². The van der Waals surface area contributed by atoms with Crippen LogP contribution in [0.5, 0.6) is 0 Å². The molecule has 17 nitrogen and oxygen atoms in total. The summed E-state index contributed by atoms with van der Waals surface area (Å²) in [6.45, 7) is 3.04. The van der Waals surface area contributed by atoms with Gasteiger partial charge in [0.25, 0.3) is 0 Å². The molecule has 0 radical (unpaired) electrons. The maximum Gasteiger partial charge on any atom is 0.475 e. The standard InChI is InChI=1S/C44H87NO16P2/c1-3-5-7-9-11-13-15-17-19-21-23-25-27-30-37(46)56-34-36(59-38(47)31-28-26-24-22-20-18-16-14-12-10-8-6-4-2)35-58-63(55,57-33-29-32-45)61-44-41(50)39(48)40(49)43(42(44)51)60-62(52,53)54/h36,39-44,48-51H,3-35,45H2,1-2H3,(H2,52,53,54)/t36?,39-,40-,41+,42+,43+,44-,63?/m0/s1. The number of hydrogen-bond donors (Lipinski definition) is 7. The van der Waals surface area contributed by atoms with Crippen molar-refractivity contribution in [2.75, 3.05) is 26.4 Å². The first-order valence-electron chi connectivity index (χ1n) is 24.3. The number of rotatable bonds is 42. The van der Waals surface area contributed by atoms with Crippen molar-refractivity contribution in [2.45, 2.75) is 243 Å². The zero-order valence-electron chi connectivity index (χ0n) is 38.6. The molecule has 0 spiro atoms. The zero-order chi connectivity index (χ0) is 46.8. The number of phosphoric acid groups is 2. The Hall–Kier alpha value is -1.04. The fourth-order valence-electron chi connectivity index (χ4n) is 7.46. The van der Waals surface area contributed by atoms with Crippen molar-refractivity contribution in [1.82, 2.24) is 0 Å². The van der Waals surface area contributed by atoms with Gasteiger partial charge < -0.3 is 45.4 Å². The second-order valence-electron chi connectivity index (χ2n) is 17.1. The van der Waals surface area contributed by atoms with E-state index < -0.39 is 83.5 Å².